The summed E-state index contributed by atoms with van der Waals surface area (Å²) in [7, 11) is -3.52. The molecule has 29 heavy (non-hydrogen) atoms. The maximum absolute atomic E-state index is 12.7. The number of rotatable bonds is 5. The molecule has 1 fully saturated rings. The van der Waals surface area contributed by atoms with Crippen LogP contribution in [-0.4, -0.2) is 39.0 Å². The molecule has 1 heterocycles. The maximum Gasteiger partial charge on any atom is 0.253 e. The number of anilines is 1. The minimum Gasteiger partial charge on any atom is -0.371 e. The van der Waals surface area contributed by atoms with Crippen molar-refractivity contribution in [1.82, 2.24) is 10.0 Å². The average molecular weight is 416 g/mol. The topological polar surface area (TPSA) is 78.5 Å². The molecule has 156 valence electrons. The van der Waals surface area contributed by atoms with E-state index in [0.717, 1.165) is 5.69 Å². The lowest BCUT2D eigenvalue weighted by Crippen LogP contribution is -2.45. The first-order valence-electron chi connectivity index (χ1n) is 9.89. The molecular weight excluding hydrogens is 386 g/mol. The Balaban J connectivity index is 1.67. The van der Waals surface area contributed by atoms with Gasteiger partial charge in [-0.25, -0.2) is 13.1 Å². The second kappa shape index (κ2) is 8.55. The van der Waals surface area contributed by atoms with Gasteiger partial charge in [0.1, 0.15) is 0 Å². The highest BCUT2D eigenvalue weighted by Crippen LogP contribution is 2.25. The maximum atomic E-state index is 12.7. The van der Waals surface area contributed by atoms with Crippen molar-refractivity contribution in [2.75, 3.05) is 18.0 Å². The van der Waals surface area contributed by atoms with Gasteiger partial charge in [0.2, 0.25) is 10.0 Å². The van der Waals surface area contributed by atoms with E-state index in [4.69, 9.17) is 0 Å². The third-order valence-electron chi connectivity index (χ3n) is 4.85. The van der Waals surface area contributed by atoms with E-state index in [1.165, 1.54) is 0 Å². The first kappa shape index (κ1) is 21.3. The van der Waals surface area contributed by atoms with Crippen LogP contribution in [0.1, 0.15) is 44.0 Å². The van der Waals surface area contributed by atoms with E-state index in [1.54, 1.807) is 30.3 Å². The molecule has 0 radical (unpaired) electrons. The Morgan fingerprint density at radius 2 is 1.55 bits per heavy atom. The van der Waals surface area contributed by atoms with Gasteiger partial charge in [0, 0.05) is 30.4 Å². The molecule has 2 N–H and O–H groups in total. The number of piperidine rings is 1. The monoisotopic (exact) mass is 415 g/mol. The molecule has 0 atom stereocenters. The Morgan fingerprint density at radius 3 is 2.17 bits per heavy atom. The van der Waals surface area contributed by atoms with Crippen molar-refractivity contribution in [1.29, 1.82) is 0 Å². The Labute approximate surface area is 173 Å². The van der Waals surface area contributed by atoms with E-state index in [2.05, 4.69) is 14.9 Å². The molecule has 6 nitrogen and oxygen atoms in total. The van der Waals surface area contributed by atoms with Crippen LogP contribution in [0.25, 0.3) is 0 Å². The standard InChI is InChI=1S/C22H29N3O3S/c1-22(2,3)23-21(26)19-11-7-8-12-20(19)25-15-13-17(14-16-25)24-29(27,28)18-9-5-4-6-10-18/h4-12,17,24H,13-16H2,1-3H3,(H,23,26). The quantitative estimate of drug-likeness (QED) is 0.786. The highest BCUT2D eigenvalue weighted by molar-refractivity contribution is 7.89. The zero-order chi connectivity index (χ0) is 21.1. The van der Waals surface area contributed by atoms with Crippen molar-refractivity contribution >= 4 is 21.6 Å². The molecule has 7 heteroatoms. The molecule has 0 aliphatic carbocycles. The number of benzene rings is 2. The highest BCUT2D eigenvalue weighted by atomic mass is 32.2. The summed E-state index contributed by atoms with van der Waals surface area (Å²) >= 11 is 0. The predicted octanol–water partition coefficient (Wildman–Crippen LogP) is 3.16. The van der Waals surface area contributed by atoms with Crippen molar-refractivity contribution in [3.63, 3.8) is 0 Å². The zero-order valence-electron chi connectivity index (χ0n) is 17.2. The van der Waals surface area contributed by atoms with E-state index in [1.807, 2.05) is 45.0 Å². The van der Waals surface area contributed by atoms with Crippen molar-refractivity contribution in [3.8, 4) is 0 Å². The first-order valence-corrected chi connectivity index (χ1v) is 11.4. The van der Waals surface area contributed by atoms with Gasteiger partial charge in [-0.2, -0.15) is 0 Å². The SMILES string of the molecule is CC(C)(C)NC(=O)c1ccccc1N1CCC(NS(=O)(=O)c2ccccc2)CC1. The van der Waals surface area contributed by atoms with Crippen LogP contribution in [0, 0.1) is 0 Å². The summed E-state index contributed by atoms with van der Waals surface area (Å²) in [4.78, 5) is 15.1. The predicted molar refractivity (Wildman–Crippen MR) is 116 cm³/mol. The molecule has 0 spiro atoms. The van der Waals surface area contributed by atoms with Crippen LogP contribution in [0.2, 0.25) is 0 Å². The molecule has 0 saturated carbocycles. The lowest BCUT2D eigenvalue weighted by Gasteiger charge is -2.35. The van der Waals surface area contributed by atoms with Crippen LogP contribution in [0.15, 0.2) is 59.5 Å². The van der Waals surface area contributed by atoms with Gasteiger partial charge in [-0.05, 0) is 57.9 Å². The second-order valence-electron chi connectivity index (χ2n) is 8.42. The van der Waals surface area contributed by atoms with Crippen molar-refractivity contribution in [2.24, 2.45) is 0 Å². The summed E-state index contributed by atoms with van der Waals surface area (Å²) in [6, 6.07) is 15.9. The zero-order valence-corrected chi connectivity index (χ0v) is 18.0. The van der Waals surface area contributed by atoms with E-state index < -0.39 is 10.0 Å². The largest absolute Gasteiger partial charge is 0.371 e. The number of hydrogen-bond acceptors (Lipinski definition) is 4. The number of para-hydroxylation sites is 1. The van der Waals surface area contributed by atoms with Crippen LogP contribution in [0.5, 0.6) is 0 Å². The van der Waals surface area contributed by atoms with Crippen LogP contribution in [0.4, 0.5) is 5.69 Å². The highest BCUT2D eigenvalue weighted by Gasteiger charge is 2.27. The van der Waals surface area contributed by atoms with Gasteiger partial charge in [0.05, 0.1) is 10.5 Å². The van der Waals surface area contributed by atoms with Gasteiger partial charge >= 0.3 is 0 Å². The molecule has 1 aliphatic rings. The van der Waals surface area contributed by atoms with Gasteiger partial charge < -0.3 is 10.2 Å². The van der Waals surface area contributed by atoms with Crippen LogP contribution >= 0.6 is 0 Å². The molecule has 2 aromatic carbocycles. The van der Waals surface area contributed by atoms with E-state index in [-0.39, 0.29) is 22.4 Å². The normalized spacial score (nSPS) is 15.9. The Hall–Kier alpha value is -2.38. The Bertz CT molecular complexity index is 945. The molecule has 0 bridgehead atoms. The molecule has 1 aliphatic heterocycles. The fourth-order valence-electron chi connectivity index (χ4n) is 3.47. The number of hydrogen-bond donors (Lipinski definition) is 2. The first-order chi connectivity index (χ1) is 13.7. The van der Waals surface area contributed by atoms with Gasteiger partial charge in [0.15, 0.2) is 0 Å². The molecule has 1 amide bonds. The fraction of sp³-hybridized carbons (Fsp3) is 0.409. The van der Waals surface area contributed by atoms with Gasteiger partial charge in [-0.15, -0.1) is 0 Å². The van der Waals surface area contributed by atoms with E-state index >= 15 is 0 Å². The fourth-order valence-corrected chi connectivity index (χ4v) is 4.80. The van der Waals surface area contributed by atoms with Crippen molar-refractivity contribution in [3.05, 3.63) is 60.2 Å². The third kappa shape index (κ3) is 5.58. The van der Waals surface area contributed by atoms with E-state index in [0.29, 0.717) is 31.5 Å². The number of nitrogens with zero attached hydrogens (tertiary/aromatic N) is 1. The number of carbonyl (C=O) groups is 1. The van der Waals surface area contributed by atoms with Crippen molar-refractivity contribution < 1.29 is 13.2 Å². The summed E-state index contributed by atoms with van der Waals surface area (Å²) in [6.07, 6.45) is 1.36. The minimum absolute atomic E-state index is 0.0972. The average Bonchev–Trinajstić information content (AvgIpc) is 2.68. The van der Waals surface area contributed by atoms with Gasteiger partial charge in [-0.3, -0.25) is 4.79 Å². The lowest BCUT2D eigenvalue weighted by atomic mass is 10.0. The molecule has 0 aromatic heterocycles. The second-order valence-corrected chi connectivity index (χ2v) is 10.1. The molecule has 1 saturated heterocycles. The van der Waals surface area contributed by atoms with Crippen LogP contribution in [-0.2, 0) is 10.0 Å². The van der Waals surface area contributed by atoms with Gasteiger partial charge in [0.25, 0.3) is 5.91 Å². The Kier molecular flexibility index (Phi) is 6.29. The molecular formula is C22H29N3O3S. The number of amides is 1. The van der Waals surface area contributed by atoms with E-state index in [9.17, 15) is 13.2 Å². The summed E-state index contributed by atoms with van der Waals surface area (Å²) < 4.78 is 27.9. The number of sulfonamides is 1. The summed E-state index contributed by atoms with van der Waals surface area (Å²) in [6.45, 7) is 7.23. The third-order valence-corrected chi connectivity index (χ3v) is 6.38. The van der Waals surface area contributed by atoms with Crippen molar-refractivity contribution in [2.45, 2.75) is 50.1 Å². The van der Waals surface area contributed by atoms with Gasteiger partial charge in [-0.1, -0.05) is 30.3 Å². The number of nitrogens with one attached hydrogen (secondary N) is 2. The molecule has 2 aromatic rings. The summed E-state index contributed by atoms with van der Waals surface area (Å²) in [5, 5.41) is 3.02. The van der Waals surface area contributed by atoms with Crippen LogP contribution in [0.3, 0.4) is 0 Å². The number of carbonyl (C=O) groups excluding carboxylic acids is 1. The molecule has 3 rings (SSSR count). The minimum atomic E-state index is -3.52. The lowest BCUT2D eigenvalue weighted by molar-refractivity contribution is 0.0920. The Morgan fingerprint density at radius 1 is 0.966 bits per heavy atom. The van der Waals surface area contributed by atoms with Crippen LogP contribution < -0.4 is 14.9 Å². The summed E-state index contributed by atoms with van der Waals surface area (Å²) in [5.41, 5.74) is 1.22. The summed E-state index contributed by atoms with van der Waals surface area (Å²) in [5.74, 6) is -0.0972. The molecule has 0 unspecified atom stereocenters. The smallest absolute Gasteiger partial charge is 0.253 e.